The monoisotopic (exact) mass is 335 g/mol. The first-order valence-electron chi connectivity index (χ1n) is 8.01. The molecule has 1 unspecified atom stereocenters. The molecule has 3 rings (SSSR count). The Balaban J connectivity index is 1.82. The molecule has 1 atom stereocenters. The predicted octanol–water partition coefficient (Wildman–Crippen LogP) is 3.98. The molecule has 6 heteroatoms. The van der Waals surface area contributed by atoms with Crippen LogP contribution in [0.15, 0.2) is 60.8 Å². The number of nitrogens with zero attached hydrogens (tertiary/aromatic N) is 2. The van der Waals surface area contributed by atoms with Crippen LogP contribution in [-0.4, -0.2) is 17.1 Å². The van der Waals surface area contributed by atoms with E-state index in [4.69, 9.17) is 10.5 Å². The fourth-order valence-electron chi connectivity index (χ4n) is 2.49. The van der Waals surface area contributed by atoms with E-state index in [0.29, 0.717) is 5.82 Å². The Labute approximate surface area is 147 Å². The van der Waals surface area contributed by atoms with Crippen LogP contribution >= 0.6 is 0 Å². The van der Waals surface area contributed by atoms with Crippen LogP contribution in [-0.2, 0) is 0 Å². The molecule has 0 aliphatic carbocycles. The third-order valence-corrected chi connectivity index (χ3v) is 3.81. The largest absolute Gasteiger partial charge is 0.497 e. The van der Waals surface area contributed by atoms with Gasteiger partial charge in [-0.1, -0.05) is 18.2 Å². The molecule has 2 aromatic carbocycles. The number of benzene rings is 2. The summed E-state index contributed by atoms with van der Waals surface area (Å²) < 4.78 is 5.19. The van der Waals surface area contributed by atoms with Gasteiger partial charge in [0.1, 0.15) is 11.6 Å². The van der Waals surface area contributed by atoms with Crippen LogP contribution in [0.1, 0.15) is 18.5 Å². The molecule has 1 heterocycles. The summed E-state index contributed by atoms with van der Waals surface area (Å²) in [6, 6.07) is 17.6. The van der Waals surface area contributed by atoms with Crippen LogP contribution in [0.2, 0.25) is 0 Å². The van der Waals surface area contributed by atoms with Crippen LogP contribution < -0.4 is 21.1 Å². The van der Waals surface area contributed by atoms with E-state index in [0.717, 1.165) is 22.7 Å². The van der Waals surface area contributed by atoms with E-state index in [2.05, 4.69) is 27.5 Å². The normalized spacial score (nSPS) is 11.6. The smallest absolute Gasteiger partial charge is 0.221 e. The number of ether oxygens (including phenoxy) is 1. The Bertz CT molecular complexity index is 821. The summed E-state index contributed by atoms with van der Waals surface area (Å²) in [5.41, 5.74) is 8.62. The molecule has 0 spiro atoms. The average Bonchev–Trinajstić information content (AvgIpc) is 2.63. The van der Waals surface area contributed by atoms with Gasteiger partial charge in [-0.25, -0.2) is 4.98 Å². The summed E-state index contributed by atoms with van der Waals surface area (Å²) in [6.45, 7) is 2.05. The molecule has 25 heavy (non-hydrogen) atoms. The van der Waals surface area contributed by atoms with Crippen molar-refractivity contribution in [1.82, 2.24) is 9.97 Å². The molecule has 0 saturated heterocycles. The highest BCUT2D eigenvalue weighted by Crippen LogP contribution is 2.27. The molecular formula is C19H21N5O. The summed E-state index contributed by atoms with van der Waals surface area (Å²) in [4.78, 5) is 8.49. The van der Waals surface area contributed by atoms with Crippen LogP contribution in [0.4, 0.5) is 23.1 Å². The van der Waals surface area contributed by atoms with Crippen molar-refractivity contribution in [3.05, 3.63) is 66.4 Å². The number of nitrogens with two attached hydrogens (primary N) is 1. The van der Waals surface area contributed by atoms with Gasteiger partial charge < -0.3 is 21.1 Å². The first kappa shape index (κ1) is 16.6. The molecule has 0 saturated carbocycles. The molecule has 0 fully saturated rings. The van der Waals surface area contributed by atoms with Gasteiger partial charge in [-0.05, 0) is 43.3 Å². The first-order valence-corrected chi connectivity index (χ1v) is 8.01. The molecule has 0 aliphatic heterocycles. The number of hydrogen-bond donors (Lipinski definition) is 3. The molecule has 6 nitrogen and oxygen atoms in total. The summed E-state index contributed by atoms with van der Waals surface area (Å²) >= 11 is 0. The number of nitrogens with one attached hydrogen (secondary N) is 2. The fourth-order valence-corrected chi connectivity index (χ4v) is 2.49. The van der Waals surface area contributed by atoms with Gasteiger partial charge in [0.25, 0.3) is 0 Å². The number of para-hydroxylation sites is 1. The van der Waals surface area contributed by atoms with Crippen LogP contribution in [0.5, 0.6) is 5.75 Å². The van der Waals surface area contributed by atoms with Crippen molar-refractivity contribution < 1.29 is 4.74 Å². The lowest BCUT2D eigenvalue weighted by atomic mass is 10.1. The SMILES string of the molecule is COc1ccc(NC(C)c2cnc(N)nc2Nc2ccccc2)cc1. The lowest BCUT2D eigenvalue weighted by molar-refractivity contribution is 0.415. The average molecular weight is 335 g/mol. The third-order valence-electron chi connectivity index (χ3n) is 3.81. The van der Waals surface area contributed by atoms with Gasteiger partial charge in [0.05, 0.1) is 13.2 Å². The molecule has 3 aromatic rings. The minimum Gasteiger partial charge on any atom is -0.497 e. The highest BCUT2D eigenvalue weighted by molar-refractivity contribution is 5.61. The van der Waals surface area contributed by atoms with Crippen LogP contribution in [0.25, 0.3) is 0 Å². The molecule has 0 radical (unpaired) electrons. The Morgan fingerprint density at radius 2 is 1.72 bits per heavy atom. The zero-order valence-corrected chi connectivity index (χ0v) is 14.2. The van der Waals surface area contributed by atoms with Crippen molar-refractivity contribution in [3.8, 4) is 5.75 Å². The van der Waals surface area contributed by atoms with E-state index in [1.54, 1.807) is 13.3 Å². The number of nitrogen functional groups attached to an aromatic ring is 1. The second kappa shape index (κ2) is 7.53. The maximum Gasteiger partial charge on any atom is 0.221 e. The molecular weight excluding hydrogens is 314 g/mol. The van der Waals surface area contributed by atoms with Gasteiger partial charge in [-0.15, -0.1) is 0 Å². The zero-order valence-electron chi connectivity index (χ0n) is 14.2. The van der Waals surface area contributed by atoms with Crippen LogP contribution in [0, 0.1) is 0 Å². The number of hydrogen-bond acceptors (Lipinski definition) is 6. The minimum atomic E-state index is -0.0137. The molecule has 128 valence electrons. The Kier molecular flexibility index (Phi) is 4.99. The van der Waals surface area contributed by atoms with E-state index in [1.165, 1.54) is 0 Å². The number of aromatic nitrogens is 2. The number of anilines is 4. The van der Waals surface area contributed by atoms with E-state index >= 15 is 0 Å². The van der Waals surface area contributed by atoms with Crippen LogP contribution in [0.3, 0.4) is 0 Å². The summed E-state index contributed by atoms with van der Waals surface area (Å²) in [7, 11) is 1.65. The van der Waals surface area contributed by atoms with Crippen molar-refractivity contribution in [2.45, 2.75) is 13.0 Å². The minimum absolute atomic E-state index is 0.0137. The second-order valence-electron chi connectivity index (χ2n) is 5.62. The van der Waals surface area contributed by atoms with E-state index in [9.17, 15) is 0 Å². The van der Waals surface area contributed by atoms with Gasteiger partial charge in [-0.3, -0.25) is 0 Å². The Morgan fingerprint density at radius 1 is 1.00 bits per heavy atom. The Hall–Kier alpha value is -3.28. The molecule has 0 amide bonds. The fraction of sp³-hybridized carbons (Fsp3) is 0.158. The maximum absolute atomic E-state index is 5.77. The van der Waals surface area contributed by atoms with Gasteiger partial charge in [-0.2, -0.15) is 4.98 Å². The quantitative estimate of drug-likeness (QED) is 0.632. The molecule has 4 N–H and O–H groups in total. The summed E-state index contributed by atoms with van der Waals surface area (Å²) in [5.74, 6) is 1.74. The number of rotatable bonds is 6. The standard InChI is InChI=1S/C19H21N5O/c1-13(22-15-8-10-16(25-2)11-9-15)17-12-21-19(20)24-18(17)23-14-6-4-3-5-7-14/h3-13,22H,1-2H3,(H3,20,21,23,24). The molecule has 0 aliphatic rings. The summed E-state index contributed by atoms with van der Waals surface area (Å²) in [6.07, 6.45) is 1.74. The molecule has 1 aromatic heterocycles. The maximum atomic E-state index is 5.77. The first-order chi connectivity index (χ1) is 12.2. The van der Waals surface area contributed by atoms with Crippen molar-refractivity contribution in [2.75, 3.05) is 23.5 Å². The van der Waals surface area contributed by atoms with Crippen molar-refractivity contribution in [2.24, 2.45) is 0 Å². The lowest BCUT2D eigenvalue weighted by Crippen LogP contribution is -2.12. The summed E-state index contributed by atoms with van der Waals surface area (Å²) in [5, 5.41) is 6.75. The molecule has 0 bridgehead atoms. The van der Waals surface area contributed by atoms with Gasteiger partial charge in [0.15, 0.2) is 0 Å². The zero-order chi connectivity index (χ0) is 17.6. The van der Waals surface area contributed by atoms with Gasteiger partial charge in [0.2, 0.25) is 5.95 Å². The second-order valence-corrected chi connectivity index (χ2v) is 5.62. The number of methoxy groups -OCH3 is 1. The van der Waals surface area contributed by atoms with Gasteiger partial charge in [0, 0.05) is 23.1 Å². The highest BCUT2D eigenvalue weighted by Gasteiger charge is 2.14. The van der Waals surface area contributed by atoms with E-state index in [-0.39, 0.29) is 12.0 Å². The van der Waals surface area contributed by atoms with Crippen molar-refractivity contribution in [1.29, 1.82) is 0 Å². The van der Waals surface area contributed by atoms with Crippen molar-refractivity contribution >= 4 is 23.1 Å². The third kappa shape index (κ3) is 4.17. The van der Waals surface area contributed by atoms with Gasteiger partial charge >= 0.3 is 0 Å². The lowest BCUT2D eigenvalue weighted by Gasteiger charge is -2.19. The topological polar surface area (TPSA) is 85.1 Å². The highest BCUT2D eigenvalue weighted by atomic mass is 16.5. The Morgan fingerprint density at radius 3 is 2.40 bits per heavy atom. The van der Waals surface area contributed by atoms with E-state index < -0.39 is 0 Å². The van der Waals surface area contributed by atoms with E-state index in [1.807, 2.05) is 54.6 Å². The van der Waals surface area contributed by atoms with Crippen molar-refractivity contribution in [3.63, 3.8) is 0 Å². The predicted molar refractivity (Wildman–Crippen MR) is 101 cm³/mol.